The number of hydrogen-bond acceptors (Lipinski definition) is 3. The van der Waals surface area contributed by atoms with Crippen LogP contribution >= 0.6 is 15.9 Å². The molecular weight excluding hydrogens is 376 g/mol. The van der Waals surface area contributed by atoms with E-state index in [1.54, 1.807) is 0 Å². The van der Waals surface area contributed by atoms with Crippen molar-refractivity contribution >= 4 is 21.6 Å². The van der Waals surface area contributed by atoms with Crippen LogP contribution in [0.1, 0.15) is 36.0 Å². The van der Waals surface area contributed by atoms with Crippen LogP contribution in [0.25, 0.3) is 11.1 Å². The van der Waals surface area contributed by atoms with Crippen molar-refractivity contribution in [3.05, 3.63) is 64.1 Å². The average molecular weight is 397 g/mol. The molecule has 0 saturated heterocycles. The Kier molecular flexibility index (Phi) is 4.34. The molecule has 1 fully saturated rings. The predicted octanol–water partition coefficient (Wildman–Crippen LogP) is 5.04. The van der Waals surface area contributed by atoms with E-state index >= 15 is 0 Å². The second-order valence-electron chi connectivity index (χ2n) is 6.67. The lowest BCUT2D eigenvalue weighted by molar-refractivity contribution is 0.702. The Morgan fingerprint density at radius 1 is 1.16 bits per heavy atom. The lowest BCUT2D eigenvalue weighted by atomic mass is 10.00. The first-order valence-corrected chi connectivity index (χ1v) is 9.40. The maximum Gasteiger partial charge on any atom is 0.154 e. The van der Waals surface area contributed by atoms with Crippen molar-refractivity contribution < 1.29 is 0 Å². The van der Waals surface area contributed by atoms with Gasteiger partial charge in [0.25, 0.3) is 0 Å². The number of anilines is 1. The number of nitrogens with one attached hydrogen (secondary N) is 1. The first-order chi connectivity index (χ1) is 12.1. The number of aromatic nitrogens is 3. The zero-order valence-electron chi connectivity index (χ0n) is 14.5. The van der Waals surface area contributed by atoms with Crippen LogP contribution in [0.5, 0.6) is 0 Å². The van der Waals surface area contributed by atoms with Crippen molar-refractivity contribution in [2.24, 2.45) is 7.05 Å². The molecule has 0 atom stereocenters. The Labute approximate surface area is 156 Å². The topological polar surface area (TPSA) is 42.7 Å². The summed E-state index contributed by atoms with van der Waals surface area (Å²) in [7, 11) is 1.97. The van der Waals surface area contributed by atoms with Gasteiger partial charge in [-0.1, -0.05) is 34.1 Å². The maximum absolute atomic E-state index is 4.67. The van der Waals surface area contributed by atoms with Gasteiger partial charge in [0.1, 0.15) is 5.82 Å². The molecule has 0 radical (unpaired) electrons. The summed E-state index contributed by atoms with van der Waals surface area (Å²) in [5.41, 5.74) is 4.85. The summed E-state index contributed by atoms with van der Waals surface area (Å²) in [5.74, 6) is 2.57. The van der Waals surface area contributed by atoms with E-state index in [0.717, 1.165) is 21.8 Å². The molecule has 3 aromatic rings. The highest BCUT2D eigenvalue weighted by molar-refractivity contribution is 9.10. The van der Waals surface area contributed by atoms with Crippen molar-refractivity contribution in [1.82, 2.24) is 14.8 Å². The molecule has 25 heavy (non-hydrogen) atoms. The van der Waals surface area contributed by atoms with Crippen molar-refractivity contribution in [3.8, 4) is 11.1 Å². The van der Waals surface area contributed by atoms with E-state index in [0.29, 0.717) is 12.5 Å². The van der Waals surface area contributed by atoms with E-state index in [-0.39, 0.29) is 0 Å². The van der Waals surface area contributed by atoms with Crippen LogP contribution in [-0.4, -0.2) is 14.8 Å². The molecule has 2 aromatic carbocycles. The van der Waals surface area contributed by atoms with E-state index in [9.17, 15) is 0 Å². The second kappa shape index (κ2) is 6.64. The molecule has 128 valence electrons. The molecule has 0 unspecified atom stereocenters. The third-order valence-electron chi connectivity index (χ3n) is 4.64. The van der Waals surface area contributed by atoms with Crippen molar-refractivity contribution in [2.45, 2.75) is 32.2 Å². The summed E-state index contributed by atoms with van der Waals surface area (Å²) in [6, 6.07) is 14.9. The minimum Gasteiger partial charge on any atom is -0.378 e. The van der Waals surface area contributed by atoms with E-state index in [1.807, 2.05) is 11.7 Å². The minimum absolute atomic E-state index is 0.590. The van der Waals surface area contributed by atoms with E-state index < -0.39 is 0 Å². The van der Waals surface area contributed by atoms with Crippen molar-refractivity contribution in [2.75, 3.05) is 5.32 Å². The molecule has 1 N–H and O–H groups in total. The van der Waals surface area contributed by atoms with Gasteiger partial charge in [-0.15, -0.1) is 0 Å². The summed E-state index contributed by atoms with van der Waals surface area (Å²) >= 11 is 3.49. The molecule has 0 aliphatic heterocycles. The number of benzene rings is 2. The molecule has 1 aromatic heterocycles. The number of hydrogen-bond donors (Lipinski definition) is 1. The fourth-order valence-corrected chi connectivity index (χ4v) is 3.28. The SMILES string of the molecule is Cc1cc(NCc2nc(C3CC3)nn2C)ccc1-c1ccc(Br)cc1. The normalized spacial score (nSPS) is 13.9. The molecule has 0 bridgehead atoms. The van der Waals surface area contributed by atoms with Gasteiger partial charge < -0.3 is 5.32 Å². The lowest BCUT2D eigenvalue weighted by Crippen LogP contribution is -2.06. The number of aryl methyl sites for hydroxylation is 2. The van der Waals surface area contributed by atoms with E-state index in [2.05, 4.69) is 80.7 Å². The summed E-state index contributed by atoms with van der Waals surface area (Å²) in [6.07, 6.45) is 2.46. The highest BCUT2D eigenvalue weighted by Crippen LogP contribution is 2.38. The smallest absolute Gasteiger partial charge is 0.154 e. The Balaban J connectivity index is 1.48. The Morgan fingerprint density at radius 2 is 1.92 bits per heavy atom. The maximum atomic E-state index is 4.67. The molecule has 1 saturated carbocycles. The summed E-state index contributed by atoms with van der Waals surface area (Å²) in [4.78, 5) is 4.67. The quantitative estimate of drug-likeness (QED) is 0.656. The van der Waals surface area contributed by atoms with Crippen LogP contribution in [0.3, 0.4) is 0 Å². The fourth-order valence-electron chi connectivity index (χ4n) is 3.01. The van der Waals surface area contributed by atoms with Gasteiger partial charge in [-0.25, -0.2) is 4.98 Å². The van der Waals surface area contributed by atoms with Gasteiger partial charge in [0, 0.05) is 23.1 Å². The standard InChI is InChI=1S/C20H21BrN4/c1-13-11-17(9-10-18(13)14-5-7-16(21)8-6-14)22-12-19-23-20(15-3-4-15)24-25(19)2/h5-11,15,22H,3-4,12H2,1-2H3. The van der Waals surface area contributed by atoms with E-state index in [1.165, 1.54) is 29.5 Å². The highest BCUT2D eigenvalue weighted by atomic mass is 79.9. The summed E-state index contributed by atoms with van der Waals surface area (Å²) in [5, 5.41) is 8.00. The van der Waals surface area contributed by atoms with E-state index in [4.69, 9.17) is 0 Å². The van der Waals surface area contributed by atoms with Crippen LogP contribution in [0, 0.1) is 6.92 Å². The van der Waals surface area contributed by atoms with Crippen molar-refractivity contribution in [1.29, 1.82) is 0 Å². The van der Waals surface area contributed by atoms with Crippen LogP contribution in [0.4, 0.5) is 5.69 Å². The largest absolute Gasteiger partial charge is 0.378 e. The molecule has 1 aliphatic rings. The van der Waals surface area contributed by atoms with Gasteiger partial charge in [0.2, 0.25) is 0 Å². The van der Waals surface area contributed by atoms with Crippen molar-refractivity contribution in [3.63, 3.8) is 0 Å². The zero-order chi connectivity index (χ0) is 17.4. The molecule has 4 rings (SSSR count). The number of halogens is 1. The van der Waals surface area contributed by atoms with Crippen LogP contribution in [-0.2, 0) is 13.6 Å². The predicted molar refractivity (Wildman–Crippen MR) is 105 cm³/mol. The average Bonchev–Trinajstić information content (AvgIpc) is 3.38. The Hall–Kier alpha value is -2.14. The number of nitrogens with zero attached hydrogens (tertiary/aromatic N) is 3. The Morgan fingerprint density at radius 3 is 2.60 bits per heavy atom. The molecule has 5 heteroatoms. The van der Waals surface area contributed by atoms with Gasteiger partial charge in [0.05, 0.1) is 6.54 Å². The molecule has 1 aliphatic carbocycles. The van der Waals surface area contributed by atoms with Gasteiger partial charge in [-0.3, -0.25) is 4.68 Å². The third-order valence-corrected chi connectivity index (χ3v) is 5.17. The first-order valence-electron chi connectivity index (χ1n) is 8.60. The highest BCUT2D eigenvalue weighted by Gasteiger charge is 2.28. The zero-order valence-corrected chi connectivity index (χ0v) is 16.0. The Bertz CT molecular complexity index is 895. The van der Waals surface area contributed by atoms with Gasteiger partial charge in [-0.2, -0.15) is 5.10 Å². The van der Waals surface area contributed by atoms with Crippen LogP contribution < -0.4 is 5.32 Å². The lowest BCUT2D eigenvalue weighted by Gasteiger charge is -2.11. The van der Waals surface area contributed by atoms with Gasteiger partial charge in [-0.05, 0) is 60.7 Å². The first kappa shape index (κ1) is 16.3. The molecular formula is C20H21BrN4. The molecule has 0 spiro atoms. The second-order valence-corrected chi connectivity index (χ2v) is 7.59. The molecule has 0 amide bonds. The minimum atomic E-state index is 0.590. The monoisotopic (exact) mass is 396 g/mol. The molecule has 4 nitrogen and oxygen atoms in total. The van der Waals surface area contributed by atoms with Gasteiger partial charge in [0.15, 0.2) is 5.82 Å². The van der Waals surface area contributed by atoms with Crippen LogP contribution in [0.2, 0.25) is 0 Å². The summed E-state index contributed by atoms with van der Waals surface area (Å²) < 4.78 is 2.99. The molecule has 1 heterocycles. The number of rotatable bonds is 5. The summed E-state index contributed by atoms with van der Waals surface area (Å²) in [6.45, 7) is 2.84. The van der Waals surface area contributed by atoms with Gasteiger partial charge >= 0.3 is 0 Å². The van der Waals surface area contributed by atoms with Crippen LogP contribution in [0.15, 0.2) is 46.9 Å². The third kappa shape index (κ3) is 3.61. The fraction of sp³-hybridized carbons (Fsp3) is 0.300.